The molecule has 0 fully saturated rings. The monoisotopic (exact) mass is 260 g/mol. The summed E-state index contributed by atoms with van der Waals surface area (Å²) >= 11 is 0. The molecule has 104 valence electrons. The van der Waals surface area contributed by atoms with Crippen LogP contribution in [0, 0.1) is 5.41 Å². The van der Waals surface area contributed by atoms with Crippen molar-refractivity contribution in [2.75, 3.05) is 7.05 Å². The predicted octanol–water partition coefficient (Wildman–Crippen LogP) is 2.51. The molecule has 0 aliphatic heterocycles. The zero-order valence-corrected chi connectivity index (χ0v) is 12.3. The fourth-order valence-electron chi connectivity index (χ4n) is 2.68. The van der Waals surface area contributed by atoms with E-state index in [2.05, 4.69) is 18.2 Å². The van der Waals surface area contributed by atoms with Crippen LogP contribution in [0.25, 0.3) is 0 Å². The molecule has 0 saturated heterocycles. The summed E-state index contributed by atoms with van der Waals surface area (Å²) in [5.41, 5.74) is 8.52. The number of nitrogens with two attached hydrogens (primary N) is 1. The first-order valence-electron chi connectivity index (χ1n) is 6.92. The van der Waals surface area contributed by atoms with Gasteiger partial charge in [-0.05, 0) is 29.4 Å². The average Bonchev–Trinajstić information content (AvgIpc) is 2.78. The summed E-state index contributed by atoms with van der Waals surface area (Å²) in [6, 6.07) is 8.10. The van der Waals surface area contributed by atoms with E-state index in [1.54, 1.807) is 0 Å². The van der Waals surface area contributed by atoms with Crippen molar-refractivity contribution in [3.05, 3.63) is 35.4 Å². The van der Waals surface area contributed by atoms with Crippen LogP contribution in [0.15, 0.2) is 24.3 Å². The lowest BCUT2D eigenvalue weighted by atomic mass is 9.86. The van der Waals surface area contributed by atoms with Gasteiger partial charge in [0, 0.05) is 7.05 Å². The summed E-state index contributed by atoms with van der Waals surface area (Å²) < 4.78 is 0. The van der Waals surface area contributed by atoms with Gasteiger partial charge in [0.25, 0.3) is 0 Å². The van der Waals surface area contributed by atoms with E-state index in [1.165, 1.54) is 11.1 Å². The fourth-order valence-corrected chi connectivity index (χ4v) is 2.68. The first-order valence-corrected chi connectivity index (χ1v) is 6.92. The second-order valence-electron chi connectivity index (χ2n) is 6.55. The summed E-state index contributed by atoms with van der Waals surface area (Å²) in [4.78, 5) is 14.3. The Balaban J connectivity index is 2.18. The van der Waals surface area contributed by atoms with Gasteiger partial charge in [0.2, 0.25) is 5.91 Å². The number of aryl methyl sites for hydroxylation is 1. The van der Waals surface area contributed by atoms with Crippen LogP contribution in [0.4, 0.5) is 0 Å². The maximum atomic E-state index is 12.5. The normalized spacial score (nSPS) is 19.9. The second kappa shape index (κ2) is 4.97. The van der Waals surface area contributed by atoms with Crippen LogP contribution in [0.1, 0.15) is 44.4 Å². The lowest BCUT2D eigenvalue weighted by Gasteiger charge is -2.33. The van der Waals surface area contributed by atoms with Crippen molar-refractivity contribution in [2.45, 2.75) is 45.7 Å². The minimum Gasteiger partial charge on any atom is -0.337 e. The number of carbonyl (C=O) groups is 1. The summed E-state index contributed by atoms with van der Waals surface area (Å²) in [7, 11) is 1.88. The minimum absolute atomic E-state index is 0.0363. The Kier molecular flexibility index (Phi) is 3.68. The number of carbonyl (C=O) groups excluding carboxylic acids is 1. The molecule has 0 spiro atoms. The standard InChI is InChI=1S/C16H24N2O/c1-16(2,3)14(17)15(19)18(4)13-10-9-11-7-5-6-8-12(11)13/h5-8,13-14H,9-10,17H2,1-4H3/t13?,14-/m0/s1. The Morgan fingerprint density at radius 1 is 1.37 bits per heavy atom. The Labute approximate surface area is 115 Å². The van der Waals surface area contributed by atoms with Gasteiger partial charge in [-0.15, -0.1) is 0 Å². The van der Waals surface area contributed by atoms with E-state index >= 15 is 0 Å². The van der Waals surface area contributed by atoms with Crippen molar-refractivity contribution in [1.82, 2.24) is 4.90 Å². The molecule has 1 amide bonds. The Bertz CT molecular complexity index is 476. The molecule has 2 N–H and O–H groups in total. The zero-order chi connectivity index (χ0) is 14.2. The van der Waals surface area contributed by atoms with Crippen molar-refractivity contribution >= 4 is 5.91 Å². The van der Waals surface area contributed by atoms with Gasteiger partial charge in [0.05, 0.1) is 12.1 Å². The average molecular weight is 260 g/mol. The van der Waals surface area contributed by atoms with Crippen LogP contribution in [0.3, 0.4) is 0 Å². The van der Waals surface area contributed by atoms with Gasteiger partial charge in [-0.2, -0.15) is 0 Å². The van der Waals surface area contributed by atoms with Gasteiger partial charge in [0.1, 0.15) is 0 Å². The van der Waals surface area contributed by atoms with E-state index in [-0.39, 0.29) is 17.4 Å². The largest absolute Gasteiger partial charge is 0.337 e. The number of fused-ring (bicyclic) bond motifs is 1. The van der Waals surface area contributed by atoms with Crippen LogP contribution in [0.5, 0.6) is 0 Å². The minimum atomic E-state index is -0.453. The van der Waals surface area contributed by atoms with Gasteiger partial charge < -0.3 is 10.6 Å². The van der Waals surface area contributed by atoms with Gasteiger partial charge >= 0.3 is 0 Å². The summed E-state index contributed by atoms with van der Waals surface area (Å²) in [6.07, 6.45) is 2.04. The number of nitrogens with zero attached hydrogens (tertiary/aromatic N) is 1. The van der Waals surface area contributed by atoms with E-state index in [9.17, 15) is 4.79 Å². The SMILES string of the molecule is CN(C(=O)[C@H](N)C(C)(C)C)C1CCc2ccccc21. The van der Waals surface area contributed by atoms with E-state index < -0.39 is 6.04 Å². The lowest BCUT2D eigenvalue weighted by Crippen LogP contribution is -2.49. The zero-order valence-electron chi connectivity index (χ0n) is 12.3. The van der Waals surface area contributed by atoms with E-state index in [0.717, 1.165) is 12.8 Å². The first kappa shape index (κ1) is 14.1. The van der Waals surface area contributed by atoms with Crippen molar-refractivity contribution < 1.29 is 4.79 Å². The van der Waals surface area contributed by atoms with Crippen LogP contribution < -0.4 is 5.73 Å². The summed E-state index contributed by atoms with van der Waals surface area (Å²) in [6.45, 7) is 6.02. The molecule has 1 aliphatic carbocycles. The van der Waals surface area contributed by atoms with Gasteiger partial charge in [0.15, 0.2) is 0 Å². The van der Waals surface area contributed by atoms with Crippen LogP contribution in [-0.4, -0.2) is 23.9 Å². The molecular weight excluding hydrogens is 236 g/mol. The third-order valence-electron chi connectivity index (χ3n) is 4.12. The number of amides is 1. The van der Waals surface area contributed by atoms with Crippen molar-refractivity contribution in [1.29, 1.82) is 0 Å². The maximum Gasteiger partial charge on any atom is 0.240 e. The highest BCUT2D eigenvalue weighted by Gasteiger charge is 2.34. The molecule has 2 atom stereocenters. The Morgan fingerprint density at radius 2 is 2.00 bits per heavy atom. The third-order valence-corrected chi connectivity index (χ3v) is 4.12. The van der Waals surface area contributed by atoms with Gasteiger partial charge in [-0.3, -0.25) is 4.79 Å². The molecule has 0 aromatic heterocycles. The number of benzene rings is 1. The molecule has 0 bridgehead atoms. The molecule has 3 nitrogen and oxygen atoms in total. The molecule has 0 radical (unpaired) electrons. The molecule has 1 aromatic rings. The fraction of sp³-hybridized carbons (Fsp3) is 0.562. The maximum absolute atomic E-state index is 12.5. The van der Waals surface area contributed by atoms with Gasteiger partial charge in [-0.25, -0.2) is 0 Å². The summed E-state index contributed by atoms with van der Waals surface area (Å²) in [5.74, 6) is 0.0363. The highest BCUT2D eigenvalue weighted by atomic mass is 16.2. The van der Waals surface area contributed by atoms with E-state index in [0.29, 0.717) is 0 Å². The quantitative estimate of drug-likeness (QED) is 0.888. The molecule has 0 heterocycles. The van der Waals surface area contributed by atoms with Crippen LogP contribution in [-0.2, 0) is 11.2 Å². The molecular formula is C16H24N2O. The smallest absolute Gasteiger partial charge is 0.240 e. The highest BCUT2D eigenvalue weighted by molar-refractivity contribution is 5.82. The van der Waals surface area contributed by atoms with Gasteiger partial charge in [-0.1, -0.05) is 45.0 Å². The van der Waals surface area contributed by atoms with E-state index in [1.807, 2.05) is 38.8 Å². The molecule has 1 aliphatic rings. The number of likely N-dealkylation sites (N-methyl/N-ethyl adjacent to an activating group) is 1. The number of hydrogen-bond donors (Lipinski definition) is 1. The number of rotatable bonds is 2. The van der Waals surface area contributed by atoms with Crippen LogP contribution in [0.2, 0.25) is 0 Å². The lowest BCUT2D eigenvalue weighted by molar-refractivity contribution is -0.135. The molecule has 19 heavy (non-hydrogen) atoms. The van der Waals surface area contributed by atoms with Crippen molar-refractivity contribution in [3.63, 3.8) is 0 Å². The second-order valence-corrected chi connectivity index (χ2v) is 6.55. The summed E-state index contributed by atoms with van der Waals surface area (Å²) in [5, 5.41) is 0. The van der Waals surface area contributed by atoms with Crippen LogP contribution >= 0.6 is 0 Å². The Morgan fingerprint density at radius 3 is 2.63 bits per heavy atom. The van der Waals surface area contributed by atoms with E-state index in [4.69, 9.17) is 5.73 Å². The highest BCUT2D eigenvalue weighted by Crippen LogP contribution is 2.35. The van der Waals surface area contributed by atoms with Crippen molar-refractivity contribution in [2.24, 2.45) is 11.1 Å². The number of hydrogen-bond acceptors (Lipinski definition) is 2. The molecule has 0 saturated carbocycles. The Hall–Kier alpha value is -1.35. The third kappa shape index (κ3) is 2.66. The topological polar surface area (TPSA) is 46.3 Å². The molecule has 1 aromatic carbocycles. The predicted molar refractivity (Wildman–Crippen MR) is 77.7 cm³/mol. The molecule has 1 unspecified atom stereocenters. The molecule has 3 heteroatoms. The molecule has 2 rings (SSSR count). The van der Waals surface area contributed by atoms with Crippen molar-refractivity contribution in [3.8, 4) is 0 Å². The first-order chi connectivity index (χ1) is 8.82.